The third-order valence-corrected chi connectivity index (χ3v) is 3.82. The lowest BCUT2D eigenvalue weighted by Crippen LogP contribution is -2.34. The third-order valence-electron chi connectivity index (χ3n) is 3.82. The van der Waals surface area contributed by atoms with E-state index in [0.29, 0.717) is 6.42 Å². The first-order valence-corrected chi connectivity index (χ1v) is 10.5. The molecule has 2 N–H and O–H groups in total. The molecule has 1 atom stereocenters. The average Bonchev–Trinajstić information content (AvgIpc) is 2.69. The number of hydrogen-bond donors (Lipinski definition) is 2. The number of amides is 1. The van der Waals surface area contributed by atoms with Gasteiger partial charge >= 0.3 is 0 Å². The van der Waals surface area contributed by atoms with E-state index < -0.39 is 0 Å². The van der Waals surface area contributed by atoms with Crippen LogP contribution in [0.1, 0.15) is 65.2 Å². The third kappa shape index (κ3) is 20.2. The lowest BCUT2D eigenvalue weighted by molar-refractivity contribution is -0.121. The Morgan fingerprint density at radius 3 is 1.54 bits per heavy atom. The van der Waals surface area contributed by atoms with Gasteiger partial charge in [0, 0.05) is 12.5 Å². The van der Waals surface area contributed by atoms with Gasteiger partial charge in [-0.05, 0) is 51.9 Å². The second-order valence-electron chi connectivity index (χ2n) is 6.60. The van der Waals surface area contributed by atoms with E-state index in [1.165, 1.54) is 0 Å². The molecule has 0 aromatic heterocycles. The number of nitrogens with one attached hydrogen (secondary N) is 1. The maximum Gasteiger partial charge on any atom is 0.220 e. The van der Waals surface area contributed by atoms with E-state index >= 15 is 0 Å². The number of allylic oxidation sites excluding steroid dienone is 12. The zero-order chi connectivity index (χ0) is 20.7. The van der Waals surface area contributed by atoms with Crippen LogP contribution in [0.5, 0.6) is 0 Å². The maximum absolute atomic E-state index is 11.5. The van der Waals surface area contributed by atoms with Crippen LogP contribution < -0.4 is 5.32 Å². The Labute approximate surface area is 172 Å². The lowest BCUT2D eigenvalue weighted by Gasteiger charge is -2.09. The highest BCUT2D eigenvalue weighted by Crippen LogP contribution is 1.98. The van der Waals surface area contributed by atoms with Crippen LogP contribution in [0.2, 0.25) is 0 Å². The molecule has 0 heterocycles. The smallest absolute Gasteiger partial charge is 0.220 e. The second-order valence-corrected chi connectivity index (χ2v) is 6.60. The summed E-state index contributed by atoms with van der Waals surface area (Å²) in [7, 11) is 0. The fourth-order valence-electron chi connectivity index (χ4n) is 2.25. The van der Waals surface area contributed by atoms with Crippen molar-refractivity contribution in [3.8, 4) is 0 Å². The van der Waals surface area contributed by atoms with Crippen molar-refractivity contribution in [2.45, 2.75) is 71.3 Å². The van der Waals surface area contributed by atoms with Crippen LogP contribution in [-0.4, -0.2) is 23.7 Å². The molecule has 0 fully saturated rings. The van der Waals surface area contributed by atoms with Crippen molar-refractivity contribution < 1.29 is 9.90 Å². The zero-order valence-corrected chi connectivity index (χ0v) is 17.7. The Bertz CT molecular complexity index is 539. The molecule has 0 rings (SSSR count). The standard InChI is InChI=1S/C25H39NO2/c1-3-4-5-6-7-8-9-10-11-12-13-14-15-16-17-18-19-20-21-22-25(28)26-24(2)23-27/h4-5,7-8,10-11,13-14,16-17,19-20,24,27H,3,6,9,12,15,18,21-23H2,1-2H3,(H,26,28)/b5-4-,8-7-,11-10-,14-13+,17-16-,20-19-/t24-/m1/s1. The first-order valence-electron chi connectivity index (χ1n) is 10.5. The Hall–Kier alpha value is -2.13. The number of rotatable bonds is 16. The molecule has 0 aromatic rings. The van der Waals surface area contributed by atoms with E-state index in [-0.39, 0.29) is 18.6 Å². The van der Waals surface area contributed by atoms with E-state index in [1.807, 2.05) is 6.08 Å². The summed E-state index contributed by atoms with van der Waals surface area (Å²) in [6, 6.07) is -0.169. The molecule has 0 aromatic carbocycles. The van der Waals surface area contributed by atoms with Gasteiger partial charge in [0.05, 0.1) is 6.61 Å². The van der Waals surface area contributed by atoms with Crippen LogP contribution in [0.25, 0.3) is 0 Å². The summed E-state index contributed by atoms with van der Waals surface area (Å²) < 4.78 is 0. The summed E-state index contributed by atoms with van der Waals surface area (Å²) in [5.74, 6) is -0.0129. The van der Waals surface area contributed by atoms with Gasteiger partial charge in [-0.25, -0.2) is 0 Å². The lowest BCUT2D eigenvalue weighted by atomic mass is 10.2. The first-order chi connectivity index (χ1) is 13.7. The number of aliphatic hydroxyl groups excluding tert-OH is 1. The van der Waals surface area contributed by atoms with Gasteiger partial charge in [0.15, 0.2) is 0 Å². The Morgan fingerprint density at radius 2 is 1.14 bits per heavy atom. The molecule has 1 amide bonds. The number of carbonyl (C=O) groups is 1. The highest BCUT2D eigenvalue weighted by Gasteiger charge is 2.03. The van der Waals surface area contributed by atoms with Crippen molar-refractivity contribution in [2.75, 3.05) is 6.61 Å². The van der Waals surface area contributed by atoms with Gasteiger partial charge in [-0.3, -0.25) is 4.79 Å². The van der Waals surface area contributed by atoms with Crippen LogP contribution in [0.15, 0.2) is 72.9 Å². The topological polar surface area (TPSA) is 49.3 Å². The average molecular weight is 386 g/mol. The molecule has 156 valence electrons. The Balaban J connectivity index is 3.59. The van der Waals surface area contributed by atoms with Gasteiger partial charge in [0.2, 0.25) is 5.91 Å². The van der Waals surface area contributed by atoms with Crippen LogP contribution in [-0.2, 0) is 4.79 Å². The number of aliphatic hydroxyl groups is 1. The summed E-state index contributed by atoms with van der Waals surface area (Å²) in [6.45, 7) is 3.91. The molecule has 0 bridgehead atoms. The molecule has 0 saturated heterocycles. The van der Waals surface area contributed by atoms with Crippen molar-refractivity contribution in [3.05, 3.63) is 72.9 Å². The van der Waals surface area contributed by atoms with Gasteiger partial charge in [0.25, 0.3) is 0 Å². The molecule has 3 nitrogen and oxygen atoms in total. The van der Waals surface area contributed by atoms with E-state index in [9.17, 15) is 4.79 Å². The van der Waals surface area contributed by atoms with Gasteiger partial charge in [0.1, 0.15) is 0 Å². The van der Waals surface area contributed by atoms with E-state index in [1.54, 1.807) is 6.92 Å². The monoisotopic (exact) mass is 385 g/mol. The highest BCUT2D eigenvalue weighted by atomic mass is 16.3. The first kappa shape index (κ1) is 25.9. The van der Waals surface area contributed by atoms with Crippen molar-refractivity contribution in [1.29, 1.82) is 0 Å². The van der Waals surface area contributed by atoms with Crippen LogP contribution in [0.3, 0.4) is 0 Å². The number of hydrogen-bond acceptors (Lipinski definition) is 2. The van der Waals surface area contributed by atoms with Gasteiger partial charge in [-0.2, -0.15) is 0 Å². The normalized spacial score (nSPS) is 14.0. The van der Waals surface area contributed by atoms with Crippen molar-refractivity contribution in [1.82, 2.24) is 5.32 Å². The van der Waals surface area contributed by atoms with E-state index in [0.717, 1.165) is 44.9 Å². The molecule has 0 radical (unpaired) electrons. The SMILES string of the molecule is CC/C=C\C/C=C\C/C=C\C/C=C/C/C=C\C/C=C\CCC(=O)N[C@H](C)CO. The molecular weight excluding hydrogens is 346 g/mol. The summed E-state index contributed by atoms with van der Waals surface area (Å²) in [5, 5.41) is 11.6. The summed E-state index contributed by atoms with van der Waals surface area (Å²) in [4.78, 5) is 11.5. The summed E-state index contributed by atoms with van der Waals surface area (Å²) >= 11 is 0. The minimum Gasteiger partial charge on any atom is -0.394 e. The summed E-state index contributed by atoms with van der Waals surface area (Å²) in [5.41, 5.74) is 0. The van der Waals surface area contributed by atoms with E-state index in [2.05, 4.69) is 79.1 Å². The fraction of sp³-hybridized carbons (Fsp3) is 0.480. The second kappa shape index (κ2) is 21.2. The molecule has 0 aliphatic carbocycles. The Morgan fingerprint density at radius 1 is 0.750 bits per heavy atom. The van der Waals surface area contributed by atoms with Gasteiger partial charge < -0.3 is 10.4 Å². The number of carbonyl (C=O) groups excluding carboxylic acids is 1. The van der Waals surface area contributed by atoms with Crippen molar-refractivity contribution in [2.24, 2.45) is 0 Å². The predicted molar refractivity (Wildman–Crippen MR) is 122 cm³/mol. The van der Waals surface area contributed by atoms with E-state index in [4.69, 9.17) is 5.11 Å². The van der Waals surface area contributed by atoms with Crippen LogP contribution in [0.4, 0.5) is 0 Å². The van der Waals surface area contributed by atoms with Crippen molar-refractivity contribution >= 4 is 5.91 Å². The molecule has 0 unspecified atom stereocenters. The van der Waals surface area contributed by atoms with Crippen LogP contribution in [0, 0.1) is 0 Å². The molecule has 0 spiro atoms. The highest BCUT2D eigenvalue weighted by molar-refractivity contribution is 5.76. The predicted octanol–water partition coefficient (Wildman–Crippen LogP) is 5.96. The molecule has 0 saturated carbocycles. The largest absolute Gasteiger partial charge is 0.394 e. The minimum atomic E-state index is -0.169. The zero-order valence-electron chi connectivity index (χ0n) is 17.7. The van der Waals surface area contributed by atoms with Gasteiger partial charge in [-0.15, -0.1) is 0 Å². The van der Waals surface area contributed by atoms with Crippen molar-refractivity contribution in [3.63, 3.8) is 0 Å². The molecule has 0 aliphatic heterocycles. The maximum atomic E-state index is 11.5. The molecule has 28 heavy (non-hydrogen) atoms. The fourth-order valence-corrected chi connectivity index (χ4v) is 2.25. The quantitative estimate of drug-likeness (QED) is 0.322. The molecular formula is C25H39NO2. The minimum absolute atomic E-state index is 0.0129. The molecule has 0 aliphatic rings. The summed E-state index contributed by atoms with van der Waals surface area (Å²) in [6.07, 6.45) is 33.2. The van der Waals surface area contributed by atoms with Gasteiger partial charge in [-0.1, -0.05) is 79.8 Å². The van der Waals surface area contributed by atoms with Crippen LogP contribution >= 0.6 is 0 Å². The Kier molecular flexibility index (Phi) is 19.6. The molecule has 3 heteroatoms.